The van der Waals surface area contributed by atoms with Gasteiger partial charge in [-0.15, -0.1) is 16.7 Å². The third-order valence-corrected chi connectivity index (χ3v) is 1.61. The van der Waals surface area contributed by atoms with E-state index in [1.165, 1.54) is 0 Å². The highest BCUT2D eigenvalue weighted by molar-refractivity contribution is 5.43. The minimum atomic E-state index is 0.919. The van der Waals surface area contributed by atoms with E-state index in [2.05, 4.69) is 5.92 Å². The lowest BCUT2D eigenvalue weighted by Crippen LogP contribution is -1.84. The van der Waals surface area contributed by atoms with Crippen LogP contribution in [0.2, 0.25) is 0 Å². The fourth-order valence-electron chi connectivity index (χ4n) is 1.01. The Bertz CT molecular complexity index is 256. The molecule has 0 amide bonds. The van der Waals surface area contributed by atoms with Gasteiger partial charge < -0.3 is 6.42 Å². The van der Waals surface area contributed by atoms with Gasteiger partial charge in [0.05, 0.1) is 0 Å². The van der Waals surface area contributed by atoms with Crippen molar-refractivity contribution >= 4 is 0 Å². The van der Waals surface area contributed by atoms with Gasteiger partial charge in [-0.2, -0.15) is 0 Å². The third-order valence-electron chi connectivity index (χ3n) is 1.61. The molecule has 0 aliphatic rings. The van der Waals surface area contributed by atoms with Crippen molar-refractivity contribution in [2.75, 3.05) is 0 Å². The molecule has 0 aromatic heterocycles. The minimum Gasteiger partial charge on any atom is -0.366 e. The first-order chi connectivity index (χ1) is 4.75. The molecule has 0 atom stereocenters. The molecule has 0 spiro atoms. The van der Waals surface area contributed by atoms with Crippen LogP contribution in [0.1, 0.15) is 16.7 Å². The van der Waals surface area contributed by atoms with Gasteiger partial charge in [0.2, 0.25) is 0 Å². The molecule has 0 fully saturated rings. The second kappa shape index (κ2) is 2.58. The van der Waals surface area contributed by atoms with E-state index in [1.807, 2.05) is 32.0 Å². The van der Waals surface area contributed by atoms with E-state index >= 15 is 0 Å². The van der Waals surface area contributed by atoms with E-state index in [4.69, 9.17) is 6.42 Å². The van der Waals surface area contributed by atoms with Crippen molar-refractivity contribution in [1.82, 2.24) is 0 Å². The Morgan fingerprint density at radius 2 is 1.70 bits per heavy atom. The number of benzene rings is 1. The van der Waals surface area contributed by atoms with Crippen molar-refractivity contribution in [2.45, 2.75) is 13.8 Å². The lowest BCUT2D eigenvalue weighted by molar-refractivity contribution is 1.35. The van der Waals surface area contributed by atoms with Crippen LogP contribution < -0.4 is 0 Å². The Kier molecular flexibility index (Phi) is 1.78. The minimum absolute atomic E-state index is 0.919. The smallest absolute Gasteiger partial charge is 0.0555 e. The predicted molar refractivity (Wildman–Crippen MR) is 42.1 cm³/mol. The van der Waals surface area contributed by atoms with Crippen LogP contribution in [0.4, 0.5) is 0 Å². The van der Waals surface area contributed by atoms with Gasteiger partial charge in [0, 0.05) is 0 Å². The van der Waals surface area contributed by atoms with E-state index in [0.717, 1.165) is 16.7 Å². The Balaban J connectivity index is 3.34. The summed E-state index contributed by atoms with van der Waals surface area (Å²) in [6, 6.07) is 5.97. The van der Waals surface area contributed by atoms with Crippen LogP contribution in [-0.2, 0) is 0 Å². The molecule has 0 saturated heterocycles. The number of hydrogen-bond acceptors (Lipinski definition) is 0. The van der Waals surface area contributed by atoms with Gasteiger partial charge in [0.1, 0.15) is 0 Å². The van der Waals surface area contributed by atoms with E-state index < -0.39 is 0 Å². The van der Waals surface area contributed by atoms with Gasteiger partial charge in [-0.3, -0.25) is 5.92 Å². The molecule has 0 unspecified atom stereocenters. The van der Waals surface area contributed by atoms with Crippen LogP contribution in [0.3, 0.4) is 0 Å². The van der Waals surface area contributed by atoms with Crippen LogP contribution in [0, 0.1) is 26.2 Å². The van der Waals surface area contributed by atoms with Crippen molar-refractivity contribution in [3.05, 3.63) is 41.3 Å². The summed E-state index contributed by atoms with van der Waals surface area (Å²) >= 11 is 0. The SMILES string of the molecule is [C-]#Cc1c(C)cccc1C. The molecule has 0 bridgehead atoms. The number of hydrogen-bond donors (Lipinski definition) is 0. The van der Waals surface area contributed by atoms with Crippen LogP contribution >= 0.6 is 0 Å². The molecule has 0 nitrogen and oxygen atoms in total. The molecule has 0 N–H and O–H groups in total. The molecule has 1 aromatic rings. The van der Waals surface area contributed by atoms with Crippen molar-refractivity contribution in [3.63, 3.8) is 0 Å². The zero-order chi connectivity index (χ0) is 7.56. The second-order valence-corrected chi connectivity index (χ2v) is 2.39. The van der Waals surface area contributed by atoms with Crippen LogP contribution in [0.25, 0.3) is 0 Å². The topological polar surface area (TPSA) is 0 Å². The zero-order valence-corrected chi connectivity index (χ0v) is 6.23. The monoisotopic (exact) mass is 129 g/mol. The summed E-state index contributed by atoms with van der Waals surface area (Å²) in [4.78, 5) is 0. The summed E-state index contributed by atoms with van der Waals surface area (Å²) in [5, 5.41) is 0. The van der Waals surface area contributed by atoms with Gasteiger partial charge in [-0.25, -0.2) is 0 Å². The molecule has 0 radical (unpaired) electrons. The fraction of sp³-hybridized carbons (Fsp3) is 0.200. The summed E-state index contributed by atoms with van der Waals surface area (Å²) in [6.45, 7) is 3.98. The summed E-state index contributed by atoms with van der Waals surface area (Å²) < 4.78 is 0. The van der Waals surface area contributed by atoms with Gasteiger partial charge >= 0.3 is 0 Å². The summed E-state index contributed by atoms with van der Waals surface area (Å²) in [7, 11) is 0. The molecule has 1 aromatic carbocycles. The van der Waals surface area contributed by atoms with Crippen molar-refractivity contribution in [3.8, 4) is 5.92 Å². The molecule has 0 saturated carbocycles. The van der Waals surface area contributed by atoms with Crippen LogP contribution in [-0.4, -0.2) is 0 Å². The summed E-state index contributed by atoms with van der Waals surface area (Å²) in [5.74, 6) is 2.41. The highest BCUT2D eigenvalue weighted by Crippen LogP contribution is 2.10. The molecule has 0 heteroatoms. The summed E-state index contributed by atoms with van der Waals surface area (Å²) in [6.07, 6.45) is 6.98. The Morgan fingerprint density at radius 3 is 2.00 bits per heavy atom. The quantitative estimate of drug-likeness (QED) is 0.372. The van der Waals surface area contributed by atoms with Crippen LogP contribution in [0.5, 0.6) is 0 Å². The fourth-order valence-corrected chi connectivity index (χ4v) is 1.01. The molecule has 0 heterocycles. The largest absolute Gasteiger partial charge is 0.366 e. The number of rotatable bonds is 0. The van der Waals surface area contributed by atoms with E-state index in [9.17, 15) is 0 Å². The maximum absolute atomic E-state index is 6.98. The van der Waals surface area contributed by atoms with E-state index in [0.29, 0.717) is 0 Å². The Morgan fingerprint density at radius 1 is 1.20 bits per heavy atom. The average molecular weight is 129 g/mol. The average Bonchev–Trinajstić information content (AvgIpc) is 1.88. The predicted octanol–water partition coefficient (Wildman–Crippen LogP) is 2.24. The Hall–Kier alpha value is -1.22. The van der Waals surface area contributed by atoms with Crippen molar-refractivity contribution < 1.29 is 0 Å². The normalized spacial score (nSPS) is 8.90. The van der Waals surface area contributed by atoms with E-state index in [-0.39, 0.29) is 0 Å². The molecule has 1 rings (SSSR count). The lowest BCUT2D eigenvalue weighted by atomic mass is 10.0. The molecular formula is C10H9-. The van der Waals surface area contributed by atoms with Crippen molar-refractivity contribution in [1.29, 1.82) is 0 Å². The van der Waals surface area contributed by atoms with Gasteiger partial charge in [0.15, 0.2) is 0 Å². The second-order valence-electron chi connectivity index (χ2n) is 2.39. The lowest BCUT2D eigenvalue weighted by Gasteiger charge is -2.09. The van der Waals surface area contributed by atoms with Gasteiger partial charge in [0.25, 0.3) is 0 Å². The number of aryl methyl sites for hydroxylation is 2. The Labute approximate surface area is 61.9 Å². The zero-order valence-electron chi connectivity index (χ0n) is 6.23. The maximum Gasteiger partial charge on any atom is -0.0555 e. The molecular weight excluding hydrogens is 120 g/mol. The highest BCUT2D eigenvalue weighted by atomic mass is 14.0. The first kappa shape index (κ1) is 6.89. The maximum atomic E-state index is 6.98. The summed E-state index contributed by atoms with van der Waals surface area (Å²) in [5.41, 5.74) is 3.16. The molecule has 0 aliphatic carbocycles. The van der Waals surface area contributed by atoms with E-state index in [1.54, 1.807) is 0 Å². The van der Waals surface area contributed by atoms with Gasteiger partial charge in [-0.05, 0) is 0 Å². The molecule has 0 aliphatic heterocycles. The first-order valence-corrected chi connectivity index (χ1v) is 3.24. The third kappa shape index (κ3) is 1.04. The standard InChI is InChI=1S/C10H9/c1-4-10-8(2)6-5-7-9(10)3/h5-7H,2-3H3/q-1. The van der Waals surface area contributed by atoms with Crippen molar-refractivity contribution in [2.24, 2.45) is 0 Å². The first-order valence-electron chi connectivity index (χ1n) is 3.24. The van der Waals surface area contributed by atoms with Gasteiger partial charge in [-0.1, -0.05) is 32.0 Å². The molecule has 50 valence electrons. The highest BCUT2D eigenvalue weighted by Gasteiger charge is 1.86. The van der Waals surface area contributed by atoms with Crippen LogP contribution in [0.15, 0.2) is 18.2 Å². The molecule has 10 heavy (non-hydrogen) atoms.